The highest BCUT2D eigenvalue weighted by molar-refractivity contribution is 5.96. The van der Waals surface area contributed by atoms with E-state index in [-0.39, 0.29) is 11.6 Å². The van der Waals surface area contributed by atoms with E-state index < -0.39 is 4.92 Å². The van der Waals surface area contributed by atoms with E-state index in [1.807, 2.05) is 4.90 Å². The van der Waals surface area contributed by atoms with Gasteiger partial charge in [0, 0.05) is 30.8 Å². The van der Waals surface area contributed by atoms with E-state index in [2.05, 4.69) is 5.32 Å². The number of piperidine rings is 2. The summed E-state index contributed by atoms with van der Waals surface area (Å²) in [7, 11) is 0. The highest BCUT2D eigenvalue weighted by Crippen LogP contribution is 2.39. The van der Waals surface area contributed by atoms with Crippen LogP contribution in [-0.2, 0) is 0 Å². The van der Waals surface area contributed by atoms with Crippen molar-refractivity contribution in [2.45, 2.75) is 32.6 Å². The van der Waals surface area contributed by atoms with Gasteiger partial charge in [-0.1, -0.05) is 0 Å². The molecule has 0 atom stereocenters. The quantitative estimate of drug-likeness (QED) is 0.672. The van der Waals surface area contributed by atoms with Gasteiger partial charge in [-0.05, 0) is 62.7 Å². The maximum Gasteiger partial charge on any atom is 0.269 e. The Balaban J connectivity index is 1.69. The van der Waals surface area contributed by atoms with Gasteiger partial charge in [-0.25, -0.2) is 0 Å². The first-order chi connectivity index (χ1) is 11.0. The van der Waals surface area contributed by atoms with Crippen molar-refractivity contribution >= 4 is 11.6 Å². The summed E-state index contributed by atoms with van der Waals surface area (Å²) in [6.07, 6.45) is 4.52. The van der Waals surface area contributed by atoms with Crippen molar-refractivity contribution in [2.24, 2.45) is 5.41 Å². The lowest BCUT2D eigenvalue weighted by Crippen LogP contribution is -2.47. The maximum absolute atomic E-state index is 12.7. The number of nitro benzene ring substituents is 1. The lowest BCUT2D eigenvalue weighted by Gasteiger charge is -2.44. The Morgan fingerprint density at radius 1 is 1.22 bits per heavy atom. The molecule has 3 rings (SSSR count). The van der Waals surface area contributed by atoms with Crippen molar-refractivity contribution in [1.82, 2.24) is 10.2 Å². The lowest BCUT2D eigenvalue weighted by atomic mass is 9.71. The number of carbonyl (C=O) groups excluding carboxylic acids is 1. The van der Waals surface area contributed by atoms with E-state index in [0.29, 0.717) is 16.5 Å². The molecule has 2 heterocycles. The van der Waals surface area contributed by atoms with Crippen LogP contribution in [0.1, 0.15) is 41.6 Å². The molecular formula is C17H23N3O3. The molecule has 0 saturated carbocycles. The average molecular weight is 317 g/mol. The number of likely N-dealkylation sites (tertiary alicyclic amines) is 1. The molecule has 1 amide bonds. The molecule has 2 fully saturated rings. The number of non-ortho nitro benzene ring substituents is 1. The third-order valence-electron chi connectivity index (χ3n) is 5.43. The van der Waals surface area contributed by atoms with Crippen molar-refractivity contribution < 1.29 is 9.72 Å². The van der Waals surface area contributed by atoms with Gasteiger partial charge in [-0.2, -0.15) is 0 Å². The lowest BCUT2D eigenvalue weighted by molar-refractivity contribution is -0.384. The zero-order chi connectivity index (χ0) is 16.4. The minimum absolute atomic E-state index is 0.00109. The molecule has 0 radical (unpaired) electrons. The molecule has 1 N–H and O–H groups in total. The number of hydrogen-bond donors (Lipinski definition) is 1. The summed E-state index contributed by atoms with van der Waals surface area (Å²) < 4.78 is 0. The summed E-state index contributed by atoms with van der Waals surface area (Å²) in [5.74, 6) is 0.00109. The number of amides is 1. The van der Waals surface area contributed by atoms with E-state index in [1.54, 1.807) is 13.0 Å². The van der Waals surface area contributed by atoms with E-state index in [9.17, 15) is 14.9 Å². The fraction of sp³-hybridized carbons (Fsp3) is 0.588. The van der Waals surface area contributed by atoms with E-state index in [1.165, 1.54) is 25.0 Å². The summed E-state index contributed by atoms with van der Waals surface area (Å²) in [4.78, 5) is 25.0. The highest BCUT2D eigenvalue weighted by atomic mass is 16.6. The van der Waals surface area contributed by atoms with Crippen LogP contribution in [0.25, 0.3) is 0 Å². The Morgan fingerprint density at radius 2 is 1.87 bits per heavy atom. The van der Waals surface area contributed by atoms with Crippen molar-refractivity contribution in [3.05, 3.63) is 39.4 Å². The molecule has 2 saturated heterocycles. The van der Waals surface area contributed by atoms with Crippen molar-refractivity contribution in [3.63, 3.8) is 0 Å². The van der Waals surface area contributed by atoms with Crippen LogP contribution in [0.5, 0.6) is 0 Å². The molecule has 23 heavy (non-hydrogen) atoms. The Labute approximate surface area is 136 Å². The SMILES string of the molecule is Cc1cc([N+](=O)[O-])ccc1C(=O)N1CCC2(CCNCC2)CC1. The van der Waals surface area contributed by atoms with Gasteiger partial charge in [-0.15, -0.1) is 0 Å². The van der Waals surface area contributed by atoms with Crippen molar-refractivity contribution in [1.29, 1.82) is 0 Å². The largest absolute Gasteiger partial charge is 0.339 e. The summed E-state index contributed by atoms with van der Waals surface area (Å²) in [6, 6.07) is 4.48. The molecule has 0 aliphatic carbocycles. The minimum atomic E-state index is -0.428. The monoisotopic (exact) mass is 317 g/mol. The van der Waals surface area contributed by atoms with Crippen LogP contribution in [-0.4, -0.2) is 41.9 Å². The number of benzene rings is 1. The fourth-order valence-corrected chi connectivity index (χ4v) is 3.81. The van der Waals surface area contributed by atoms with Gasteiger partial charge in [0.25, 0.3) is 11.6 Å². The smallest absolute Gasteiger partial charge is 0.269 e. The standard InChI is InChI=1S/C17H23N3O3/c1-13-12-14(20(22)23)2-3-15(13)16(21)19-10-6-17(7-11-19)4-8-18-9-5-17/h2-3,12,18H,4-11H2,1H3. The molecule has 6 nitrogen and oxygen atoms in total. The van der Waals surface area contributed by atoms with Crippen molar-refractivity contribution in [2.75, 3.05) is 26.2 Å². The molecule has 0 aromatic heterocycles. The number of carbonyl (C=O) groups is 1. The molecule has 0 unspecified atom stereocenters. The van der Waals surface area contributed by atoms with Gasteiger partial charge in [0.2, 0.25) is 0 Å². The molecule has 2 aliphatic rings. The first kappa shape index (κ1) is 15.9. The second-order valence-corrected chi connectivity index (χ2v) is 6.80. The molecule has 124 valence electrons. The summed E-state index contributed by atoms with van der Waals surface area (Å²) in [5.41, 5.74) is 1.70. The summed E-state index contributed by atoms with van der Waals surface area (Å²) in [5, 5.41) is 14.2. The van der Waals surface area contributed by atoms with Crippen LogP contribution in [0.15, 0.2) is 18.2 Å². The molecule has 1 aromatic rings. The topological polar surface area (TPSA) is 75.5 Å². The number of nitro groups is 1. The van der Waals surface area contributed by atoms with Gasteiger partial charge in [0.05, 0.1) is 4.92 Å². The summed E-state index contributed by atoms with van der Waals surface area (Å²) >= 11 is 0. The molecule has 6 heteroatoms. The van der Waals surface area contributed by atoms with Gasteiger partial charge < -0.3 is 10.2 Å². The molecule has 2 aliphatic heterocycles. The number of rotatable bonds is 2. The number of nitrogens with one attached hydrogen (secondary N) is 1. The Morgan fingerprint density at radius 3 is 2.43 bits per heavy atom. The van der Waals surface area contributed by atoms with E-state index in [0.717, 1.165) is 39.0 Å². The minimum Gasteiger partial charge on any atom is -0.339 e. The maximum atomic E-state index is 12.7. The van der Waals surface area contributed by atoms with Crippen LogP contribution in [0.2, 0.25) is 0 Å². The Hall–Kier alpha value is -1.95. The number of nitrogens with zero attached hydrogens (tertiary/aromatic N) is 2. The summed E-state index contributed by atoms with van der Waals surface area (Å²) in [6.45, 7) is 5.49. The number of hydrogen-bond acceptors (Lipinski definition) is 4. The third-order valence-corrected chi connectivity index (χ3v) is 5.43. The Kier molecular flexibility index (Phi) is 4.35. The van der Waals surface area contributed by atoms with Crippen LogP contribution in [0.4, 0.5) is 5.69 Å². The van der Waals surface area contributed by atoms with E-state index >= 15 is 0 Å². The molecule has 0 bridgehead atoms. The number of aryl methyl sites for hydroxylation is 1. The van der Waals surface area contributed by atoms with Crippen LogP contribution < -0.4 is 5.32 Å². The second kappa shape index (κ2) is 6.28. The van der Waals surface area contributed by atoms with Crippen LogP contribution in [0, 0.1) is 22.5 Å². The predicted molar refractivity (Wildman–Crippen MR) is 87.5 cm³/mol. The van der Waals surface area contributed by atoms with Gasteiger partial charge in [-0.3, -0.25) is 14.9 Å². The first-order valence-electron chi connectivity index (χ1n) is 8.26. The third kappa shape index (κ3) is 3.22. The zero-order valence-electron chi connectivity index (χ0n) is 13.5. The average Bonchev–Trinajstić information content (AvgIpc) is 2.55. The predicted octanol–water partition coefficient (Wildman–Crippen LogP) is 2.51. The second-order valence-electron chi connectivity index (χ2n) is 6.80. The highest BCUT2D eigenvalue weighted by Gasteiger charge is 2.37. The first-order valence-corrected chi connectivity index (χ1v) is 8.26. The Bertz CT molecular complexity index is 614. The molecule has 1 spiro atoms. The van der Waals surface area contributed by atoms with Crippen LogP contribution in [0.3, 0.4) is 0 Å². The fourth-order valence-electron chi connectivity index (χ4n) is 3.81. The van der Waals surface area contributed by atoms with Crippen LogP contribution >= 0.6 is 0 Å². The normalized spacial score (nSPS) is 20.5. The molecule has 1 aromatic carbocycles. The van der Waals surface area contributed by atoms with Gasteiger partial charge in [0.1, 0.15) is 0 Å². The molecular weight excluding hydrogens is 294 g/mol. The zero-order valence-corrected chi connectivity index (χ0v) is 13.5. The van der Waals surface area contributed by atoms with E-state index in [4.69, 9.17) is 0 Å². The van der Waals surface area contributed by atoms with Crippen molar-refractivity contribution in [3.8, 4) is 0 Å². The van der Waals surface area contributed by atoms with Gasteiger partial charge in [0.15, 0.2) is 0 Å². The van der Waals surface area contributed by atoms with Gasteiger partial charge >= 0.3 is 0 Å².